The Morgan fingerprint density at radius 1 is 0.960 bits per heavy atom. The van der Waals surface area contributed by atoms with Crippen LogP contribution in [0.25, 0.3) is 0 Å². The molecule has 0 saturated carbocycles. The molecule has 1 fully saturated rings. The number of imide groups is 1. The molecule has 1 aromatic carbocycles. The fourth-order valence-electron chi connectivity index (χ4n) is 3.10. The second-order valence-electron chi connectivity index (χ2n) is 5.93. The second kappa shape index (κ2) is 6.92. The van der Waals surface area contributed by atoms with Crippen molar-refractivity contribution in [1.29, 1.82) is 0 Å². The first-order valence-electron chi connectivity index (χ1n) is 8.09. The number of carbonyl (C=O) groups is 4. The molecule has 1 aromatic rings. The normalized spacial score (nSPS) is 17.4. The number of amides is 4. The lowest BCUT2D eigenvalue weighted by atomic mass is 10.1. The van der Waals surface area contributed by atoms with Crippen LogP contribution in [0.15, 0.2) is 24.3 Å². The van der Waals surface area contributed by atoms with E-state index in [0.29, 0.717) is 43.7 Å². The average molecular weight is 345 g/mol. The first-order chi connectivity index (χ1) is 12.0. The molecule has 8 heteroatoms. The maximum absolute atomic E-state index is 12.5. The first-order valence-corrected chi connectivity index (χ1v) is 8.09. The van der Waals surface area contributed by atoms with Crippen molar-refractivity contribution in [2.24, 2.45) is 0 Å². The van der Waals surface area contributed by atoms with Crippen LogP contribution in [-0.4, -0.2) is 78.3 Å². The highest BCUT2D eigenvalue weighted by Crippen LogP contribution is 2.22. The summed E-state index contributed by atoms with van der Waals surface area (Å²) in [4.78, 5) is 52.9. The summed E-state index contributed by atoms with van der Waals surface area (Å²) in [5.41, 5.74) is 0.654. The summed E-state index contributed by atoms with van der Waals surface area (Å²) >= 11 is 0. The van der Waals surface area contributed by atoms with Crippen LogP contribution in [0, 0.1) is 0 Å². The quantitative estimate of drug-likeness (QED) is 0.732. The van der Waals surface area contributed by atoms with E-state index in [1.807, 2.05) is 0 Å². The summed E-state index contributed by atoms with van der Waals surface area (Å²) in [5, 5.41) is 0. The lowest BCUT2D eigenvalue weighted by molar-refractivity contribution is -0.131. The van der Waals surface area contributed by atoms with Gasteiger partial charge in [-0.2, -0.15) is 0 Å². The molecule has 25 heavy (non-hydrogen) atoms. The molecule has 0 atom stereocenters. The Bertz CT molecular complexity index is 698. The summed E-state index contributed by atoms with van der Waals surface area (Å²) < 4.78 is 4.70. The number of hydrogen-bond donors (Lipinski definition) is 0. The maximum Gasteiger partial charge on any atom is 0.409 e. The molecule has 0 bridgehead atoms. The molecule has 2 heterocycles. The molecule has 3 rings (SSSR count). The zero-order chi connectivity index (χ0) is 18.0. The molecule has 0 aliphatic carbocycles. The van der Waals surface area contributed by atoms with Crippen LogP contribution in [0.2, 0.25) is 0 Å². The van der Waals surface area contributed by atoms with Crippen molar-refractivity contribution in [1.82, 2.24) is 14.7 Å². The van der Waals surface area contributed by atoms with E-state index in [-0.39, 0.29) is 12.5 Å². The minimum atomic E-state index is -0.444. The highest BCUT2D eigenvalue weighted by molar-refractivity contribution is 6.22. The van der Waals surface area contributed by atoms with Gasteiger partial charge in [0.2, 0.25) is 5.91 Å². The van der Waals surface area contributed by atoms with E-state index in [0.717, 1.165) is 4.90 Å². The molecule has 0 spiro atoms. The number of ether oxygens (including phenoxy) is 1. The zero-order valence-electron chi connectivity index (χ0n) is 13.9. The van der Waals surface area contributed by atoms with Crippen molar-refractivity contribution >= 4 is 23.8 Å². The molecule has 132 valence electrons. The first kappa shape index (κ1) is 16.9. The summed E-state index contributed by atoms with van der Waals surface area (Å²) in [6.07, 6.45) is 0.192. The fraction of sp³-hybridized carbons (Fsp3) is 0.412. The number of benzene rings is 1. The van der Waals surface area contributed by atoms with Crippen LogP contribution < -0.4 is 0 Å². The molecule has 0 aromatic heterocycles. The van der Waals surface area contributed by atoms with Crippen molar-refractivity contribution < 1.29 is 23.9 Å². The summed E-state index contributed by atoms with van der Waals surface area (Å²) in [6, 6.07) is 6.54. The van der Waals surface area contributed by atoms with Gasteiger partial charge >= 0.3 is 6.09 Å². The third-order valence-electron chi connectivity index (χ3n) is 4.45. The molecule has 0 radical (unpaired) electrons. The molecule has 2 aliphatic rings. The summed E-state index contributed by atoms with van der Waals surface area (Å²) in [6.45, 7) is 1.39. The minimum Gasteiger partial charge on any atom is -0.453 e. The van der Waals surface area contributed by atoms with Gasteiger partial charge in [0.25, 0.3) is 11.8 Å². The number of rotatable bonds is 2. The Morgan fingerprint density at radius 3 is 2.12 bits per heavy atom. The molecule has 8 nitrogen and oxygen atoms in total. The van der Waals surface area contributed by atoms with Crippen molar-refractivity contribution in [3.63, 3.8) is 0 Å². The largest absolute Gasteiger partial charge is 0.453 e. The van der Waals surface area contributed by atoms with Crippen LogP contribution in [0.3, 0.4) is 0 Å². The number of nitrogens with zero attached hydrogens (tertiary/aromatic N) is 3. The monoisotopic (exact) mass is 345 g/mol. The maximum atomic E-state index is 12.5. The Labute approximate surface area is 144 Å². The van der Waals surface area contributed by atoms with Crippen molar-refractivity contribution in [3.05, 3.63) is 35.4 Å². The van der Waals surface area contributed by atoms with E-state index in [2.05, 4.69) is 0 Å². The van der Waals surface area contributed by atoms with E-state index in [1.54, 1.807) is 29.2 Å². The Morgan fingerprint density at radius 2 is 1.52 bits per heavy atom. The van der Waals surface area contributed by atoms with Gasteiger partial charge in [-0.1, -0.05) is 12.1 Å². The van der Waals surface area contributed by atoms with E-state index in [9.17, 15) is 19.2 Å². The summed E-state index contributed by atoms with van der Waals surface area (Å²) in [5.74, 6) is -1.19. The molecule has 1 saturated heterocycles. The van der Waals surface area contributed by atoms with Gasteiger partial charge in [-0.15, -0.1) is 0 Å². The number of carbonyl (C=O) groups excluding carboxylic acids is 4. The van der Waals surface area contributed by atoms with Gasteiger partial charge in [-0.3, -0.25) is 19.3 Å². The van der Waals surface area contributed by atoms with Gasteiger partial charge in [0.15, 0.2) is 0 Å². The molecule has 4 amide bonds. The van der Waals surface area contributed by atoms with Gasteiger partial charge < -0.3 is 14.5 Å². The van der Waals surface area contributed by atoms with Crippen molar-refractivity contribution in [2.75, 3.05) is 39.8 Å². The van der Waals surface area contributed by atoms with Gasteiger partial charge in [-0.25, -0.2) is 4.79 Å². The smallest absolute Gasteiger partial charge is 0.409 e. The zero-order valence-corrected chi connectivity index (χ0v) is 13.9. The molecule has 0 N–H and O–H groups in total. The average Bonchev–Trinajstić information content (AvgIpc) is 2.81. The topological polar surface area (TPSA) is 87.2 Å². The highest BCUT2D eigenvalue weighted by Gasteiger charge is 2.37. The van der Waals surface area contributed by atoms with Crippen LogP contribution in [0.1, 0.15) is 27.1 Å². The van der Waals surface area contributed by atoms with Gasteiger partial charge in [-0.05, 0) is 18.6 Å². The number of hydrogen-bond acceptors (Lipinski definition) is 5. The number of methoxy groups -OCH3 is 1. The van der Waals surface area contributed by atoms with Gasteiger partial charge in [0, 0.05) is 26.2 Å². The van der Waals surface area contributed by atoms with Crippen molar-refractivity contribution in [3.8, 4) is 0 Å². The van der Waals surface area contributed by atoms with Crippen LogP contribution >= 0.6 is 0 Å². The third-order valence-corrected chi connectivity index (χ3v) is 4.45. The van der Waals surface area contributed by atoms with Crippen LogP contribution in [-0.2, 0) is 9.53 Å². The van der Waals surface area contributed by atoms with Crippen molar-refractivity contribution in [2.45, 2.75) is 6.42 Å². The predicted molar refractivity (Wildman–Crippen MR) is 87.0 cm³/mol. The lowest BCUT2D eigenvalue weighted by Gasteiger charge is -2.23. The molecule has 0 unspecified atom stereocenters. The molecular weight excluding hydrogens is 326 g/mol. The SMILES string of the molecule is COC(=O)N1CCCN(C(=O)CN2C(=O)c3ccccc3C2=O)CC1. The highest BCUT2D eigenvalue weighted by atomic mass is 16.5. The Kier molecular flexibility index (Phi) is 4.69. The molecule has 2 aliphatic heterocycles. The third kappa shape index (κ3) is 3.19. The van der Waals surface area contributed by atoms with Gasteiger partial charge in [0.05, 0.1) is 18.2 Å². The standard InChI is InChI=1S/C17H19N3O5/c1-25-17(24)19-8-4-7-18(9-10-19)14(21)11-20-15(22)12-5-2-3-6-13(12)16(20)23/h2-3,5-6H,4,7-11H2,1H3. The lowest BCUT2D eigenvalue weighted by Crippen LogP contribution is -2.44. The minimum absolute atomic E-state index is 0.287. The van der Waals surface area contributed by atoms with E-state index in [4.69, 9.17) is 4.74 Å². The predicted octanol–water partition coefficient (Wildman–Crippen LogP) is 0.583. The molecular formula is C17H19N3O5. The second-order valence-corrected chi connectivity index (χ2v) is 5.93. The fourth-order valence-corrected chi connectivity index (χ4v) is 3.10. The van der Waals surface area contributed by atoms with Gasteiger partial charge in [0.1, 0.15) is 6.54 Å². The Balaban J connectivity index is 1.64. The van der Waals surface area contributed by atoms with Crippen LogP contribution in [0.4, 0.5) is 4.79 Å². The van der Waals surface area contributed by atoms with E-state index >= 15 is 0 Å². The summed E-state index contributed by atoms with van der Waals surface area (Å²) in [7, 11) is 1.32. The van der Waals surface area contributed by atoms with E-state index in [1.165, 1.54) is 12.0 Å². The number of fused-ring (bicyclic) bond motifs is 1. The van der Waals surface area contributed by atoms with E-state index < -0.39 is 17.9 Å². The van der Waals surface area contributed by atoms with Crippen LogP contribution in [0.5, 0.6) is 0 Å². The Hall–Kier alpha value is -2.90.